The lowest BCUT2D eigenvalue weighted by atomic mass is 10.4. The van der Waals surface area contributed by atoms with Gasteiger partial charge in [0.1, 0.15) is 6.61 Å². The average Bonchev–Trinajstić information content (AvgIpc) is 0.898. The van der Waals surface area contributed by atoms with Crippen LogP contribution in [0.4, 0.5) is 0 Å². The largest absolute Gasteiger partial charge is 0.501 e. The summed E-state index contributed by atoms with van der Waals surface area (Å²) in [7, 11) is -9.72. The van der Waals surface area contributed by atoms with Gasteiger partial charge in [-0.05, 0) is 181 Å². The summed E-state index contributed by atoms with van der Waals surface area (Å²) >= 11 is 0. The third-order valence-electron chi connectivity index (χ3n) is 14.9. The zero-order valence-electron chi connectivity index (χ0n) is 71.7. The van der Waals surface area contributed by atoms with Gasteiger partial charge in [0.2, 0.25) is 0 Å². The highest BCUT2D eigenvalue weighted by Crippen LogP contribution is 2.24. The fourth-order valence-electron chi connectivity index (χ4n) is 10.0. The Balaban J connectivity index is -0.000000412. The summed E-state index contributed by atoms with van der Waals surface area (Å²) in [5, 5.41) is 17.2. The molecule has 0 aromatic rings. The Labute approximate surface area is 658 Å². The molecule has 107 heavy (non-hydrogen) atoms. The lowest BCUT2D eigenvalue weighted by Crippen LogP contribution is -2.46. The van der Waals surface area contributed by atoms with Crippen molar-refractivity contribution in [2.45, 2.75) is 224 Å². The van der Waals surface area contributed by atoms with Crippen LogP contribution in [0.3, 0.4) is 0 Å². The lowest BCUT2D eigenvalue weighted by molar-refractivity contribution is -0.142. The van der Waals surface area contributed by atoms with Crippen molar-refractivity contribution in [3.05, 3.63) is 0 Å². The minimum absolute atomic E-state index is 0.0605. The van der Waals surface area contributed by atoms with Crippen molar-refractivity contribution in [3.63, 3.8) is 0 Å². The van der Waals surface area contributed by atoms with Gasteiger partial charge in [0, 0.05) is 211 Å². The number of carbonyl (C=O) groups excluding carboxylic acids is 1. The first-order valence-corrected chi connectivity index (χ1v) is 54.4. The van der Waals surface area contributed by atoms with Crippen LogP contribution in [-0.2, 0) is 127 Å². The third kappa shape index (κ3) is 66.7. The second kappa shape index (κ2) is 81.0. The van der Waals surface area contributed by atoms with E-state index in [1.165, 1.54) is 6.92 Å². The van der Waals surface area contributed by atoms with E-state index in [1.807, 2.05) is 111 Å². The normalized spacial score (nSPS) is 12.6. The van der Waals surface area contributed by atoms with E-state index in [4.69, 9.17) is 132 Å². The number of hydrogen-bond donors (Lipinski definition) is 2. The zero-order chi connectivity index (χ0) is 81.6. The van der Waals surface area contributed by atoms with E-state index in [-0.39, 0.29) is 25.3 Å². The first kappa shape index (κ1) is 115. The van der Waals surface area contributed by atoms with Gasteiger partial charge < -0.3 is 132 Å². The van der Waals surface area contributed by atoms with E-state index in [1.54, 1.807) is 28.4 Å². The fourth-order valence-corrected chi connectivity index (χ4v) is 25.6. The van der Waals surface area contributed by atoms with Crippen molar-refractivity contribution in [2.75, 3.05) is 233 Å². The van der Waals surface area contributed by atoms with Crippen molar-refractivity contribution in [2.24, 2.45) is 0 Å². The molecule has 1 atom stereocenters. The van der Waals surface area contributed by atoms with E-state index in [2.05, 4.69) is 13.1 Å². The second-order valence-corrected chi connectivity index (χ2v) is 44.2. The van der Waals surface area contributed by atoms with Crippen LogP contribution in [0.15, 0.2) is 0 Å². The van der Waals surface area contributed by atoms with E-state index in [9.17, 15) is 4.79 Å². The number of rotatable bonds is 75. The van der Waals surface area contributed by atoms with Crippen LogP contribution >= 0.6 is 0 Å². The molecule has 1 unspecified atom stereocenters. The molecule has 0 rings (SSSR count). The van der Waals surface area contributed by atoms with Crippen molar-refractivity contribution >= 4 is 67.1 Å². The Morgan fingerprint density at radius 3 is 0.682 bits per heavy atom. The Morgan fingerprint density at radius 2 is 0.477 bits per heavy atom. The van der Waals surface area contributed by atoms with Gasteiger partial charge in [-0.25, -0.2) is 0 Å². The predicted molar refractivity (Wildman–Crippen MR) is 432 cm³/mol. The lowest BCUT2D eigenvalue weighted by Gasteiger charge is -2.28. The number of ether oxygens (including phenoxy) is 8. The number of aliphatic hydroxyl groups excluding tert-OH is 2. The molecule has 0 aromatic heterocycles. The first-order chi connectivity index (χ1) is 51.5. The smallest absolute Gasteiger partial charge is 0.463 e. The molecule has 30 nitrogen and oxygen atoms in total. The topological polar surface area (TPSA) is 307 Å². The van der Waals surface area contributed by atoms with Gasteiger partial charge in [-0.15, -0.1) is 0 Å². The molecule has 0 heterocycles. The van der Waals surface area contributed by atoms with Crippen molar-refractivity contribution in [1.29, 1.82) is 0 Å². The minimum atomic E-state index is -2.56. The van der Waals surface area contributed by atoms with Crippen molar-refractivity contribution < 1.29 is 137 Å². The maximum absolute atomic E-state index is 10.6. The molecular weight excluding hydrogens is 1520 g/mol. The van der Waals surface area contributed by atoms with Gasteiger partial charge in [0.25, 0.3) is 0 Å². The van der Waals surface area contributed by atoms with E-state index in [0.29, 0.717) is 192 Å². The Hall–Kier alpha value is -0.132. The minimum Gasteiger partial charge on any atom is -0.463 e. The third-order valence-corrected chi connectivity index (χ3v) is 36.6. The van der Waals surface area contributed by atoms with Crippen LogP contribution in [0.1, 0.15) is 163 Å². The molecule has 0 saturated carbocycles. The summed E-state index contributed by atoms with van der Waals surface area (Å²) in [6, 6.07) is 5.65. The summed E-state index contributed by atoms with van der Waals surface area (Å²) in [4.78, 5) is 10.6. The standard InChI is InChI=1S/C20H46O8Si2.C15H36O6Si2.C13H28O6Si.2C11H26O5Si/c1-7-23-29(24-8-2,25-9-3)19-13-15-21-17-18-22-16-14-20-30(26-10-4,27-11-5)28-12-6;1-15(21-11-9-13-23(7,18-4)19-5)14-20-10-8-12-22(6,16-2)17-3;1-5-17-20(18-6-2,19-7-3)12-8-9-15-10-11-16-13(4)14;2*1-4-14-17(15-5-2,16-6-3)11-7-9-13-10-8-12/h7-20H2,1-6H3;15H,8-14H2,1-7H3;5-12H2,1-4H3;2*12H,4-11H2,1-3H3. The summed E-state index contributed by atoms with van der Waals surface area (Å²) < 4.78 is 152. The number of carbonyl (C=O) groups is 1. The van der Waals surface area contributed by atoms with Crippen molar-refractivity contribution in [3.8, 4) is 0 Å². The molecule has 0 aliphatic heterocycles. The molecule has 37 heteroatoms. The van der Waals surface area contributed by atoms with E-state index < -0.39 is 61.1 Å². The van der Waals surface area contributed by atoms with Gasteiger partial charge in [0.15, 0.2) is 0 Å². The van der Waals surface area contributed by atoms with Crippen molar-refractivity contribution in [1.82, 2.24) is 0 Å². The van der Waals surface area contributed by atoms with Gasteiger partial charge in [0.05, 0.1) is 59.0 Å². The van der Waals surface area contributed by atoms with Crippen LogP contribution in [0, 0.1) is 0 Å². The van der Waals surface area contributed by atoms with E-state index >= 15 is 0 Å². The quantitative estimate of drug-likeness (QED) is 0.0325. The average molecular weight is 1680 g/mol. The molecule has 0 aliphatic carbocycles. The molecule has 650 valence electrons. The van der Waals surface area contributed by atoms with Crippen LogP contribution < -0.4 is 0 Å². The second-order valence-electron chi connectivity index (χ2n) is 23.3. The summed E-state index contributed by atoms with van der Waals surface area (Å²) in [6.45, 7) is 53.6. The Kier molecular flexibility index (Phi) is 87.4. The van der Waals surface area contributed by atoms with Crippen LogP contribution in [0.5, 0.6) is 0 Å². The van der Waals surface area contributed by atoms with Crippen LogP contribution in [-0.4, -0.2) is 317 Å². The molecule has 0 amide bonds. The number of hydrogen-bond acceptors (Lipinski definition) is 30. The predicted octanol–water partition coefficient (Wildman–Crippen LogP) is 11.7. The van der Waals surface area contributed by atoms with Gasteiger partial charge in [-0.1, -0.05) is 0 Å². The number of esters is 1. The molecule has 0 aromatic carbocycles. The molecule has 2 N–H and O–H groups in total. The summed E-state index contributed by atoms with van der Waals surface area (Å²) in [5.74, 6) is -0.288. The highest BCUT2D eigenvalue weighted by atomic mass is 28.4. The maximum Gasteiger partial charge on any atom is 0.501 e. The van der Waals surface area contributed by atoms with E-state index in [0.717, 1.165) is 87.3 Å². The molecule has 0 radical (unpaired) electrons. The molecule has 0 fully saturated rings. The highest BCUT2D eigenvalue weighted by Gasteiger charge is 2.43. The maximum atomic E-state index is 10.6. The molecule has 0 bridgehead atoms. The van der Waals surface area contributed by atoms with Gasteiger partial charge >= 0.3 is 67.1 Å². The summed E-state index contributed by atoms with van der Waals surface area (Å²) in [6.07, 6.45) is 6.13. The highest BCUT2D eigenvalue weighted by molar-refractivity contribution is 6.66. The molecule has 0 aliphatic rings. The SMILES string of the molecule is CCO[Si](CCCOCCO)(OCC)OCC.CCO[Si](CCCOCCO)(OCC)OCC.CCO[Si](CCCOCCOC(C)=O)(OCC)OCC.CCO[Si](CCCOCCOCCC[Si](OCC)(OCC)OCC)(OCC)OCC.CO[Si](C)(CCCOCC(C)OCCC[Si](C)(OC)OC)OC. The Bertz CT molecular complexity index is 1650. The fraction of sp³-hybridized carbons (Fsp3) is 0.986. The molecular formula is C70H162O30Si7. The van der Waals surface area contributed by atoms with Crippen LogP contribution in [0.25, 0.3) is 0 Å². The zero-order valence-corrected chi connectivity index (χ0v) is 78.7. The monoisotopic (exact) mass is 1680 g/mol. The number of aliphatic hydroxyl groups is 2. The van der Waals surface area contributed by atoms with Gasteiger partial charge in [-0.2, -0.15) is 0 Å². The van der Waals surface area contributed by atoms with Gasteiger partial charge in [-0.3, -0.25) is 4.79 Å². The summed E-state index contributed by atoms with van der Waals surface area (Å²) in [5.41, 5.74) is 0. The van der Waals surface area contributed by atoms with Crippen LogP contribution in [0.2, 0.25) is 55.4 Å². The molecule has 0 saturated heterocycles. The first-order valence-electron chi connectivity index (χ1n) is 39.7. The molecule has 0 spiro atoms. The Morgan fingerprint density at radius 1 is 0.280 bits per heavy atom.